The summed E-state index contributed by atoms with van der Waals surface area (Å²) < 4.78 is 11.0. The monoisotopic (exact) mass is 440 g/mol. The van der Waals surface area contributed by atoms with Crippen molar-refractivity contribution < 1.29 is 19.1 Å². The van der Waals surface area contributed by atoms with E-state index in [1.807, 2.05) is 63.2 Å². The Morgan fingerprint density at radius 2 is 1.69 bits per heavy atom. The van der Waals surface area contributed by atoms with E-state index in [9.17, 15) is 9.59 Å². The van der Waals surface area contributed by atoms with Crippen LogP contribution in [0.1, 0.15) is 49.8 Å². The molecule has 6 nitrogen and oxygen atoms in total. The van der Waals surface area contributed by atoms with Gasteiger partial charge in [0.15, 0.2) is 6.61 Å². The molecule has 6 heteroatoms. The quantitative estimate of drug-likeness (QED) is 0.496. The Labute approximate surface area is 191 Å². The summed E-state index contributed by atoms with van der Waals surface area (Å²) in [5.74, 6) is 1.03. The summed E-state index contributed by atoms with van der Waals surface area (Å²) >= 11 is 0. The molecule has 2 aromatic carbocycles. The fourth-order valence-electron chi connectivity index (χ4n) is 3.38. The highest BCUT2D eigenvalue weighted by Crippen LogP contribution is 2.19. The van der Waals surface area contributed by atoms with Gasteiger partial charge in [-0.05, 0) is 67.6 Å². The van der Waals surface area contributed by atoms with Crippen LogP contribution in [0.25, 0.3) is 0 Å². The lowest BCUT2D eigenvalue weighted by Gasteiger charge is -2.30. The van der Waals surface area contributed by atoms with Gasteiger partial charge in [-0.15, -0.1) is 0 Å². The minimum absolute atomic E-state index is 0.128. The lowest BCUT2D eigenvalue weighted by Crippen LogP contribution is -2.50. The molecular formula is C26H36N2O4. The summed E-state index contributed by atoms with van der Waals surface area (Å²) in [6.07, 6.45) is 2.42. The molecule has 0 unspecified atom stereocenters. The zero-order chi connectivity index (χ0) is 23.5. The van der Waals surface area contributed by atoms with Gasteiger partial charge in [-0.2, -0.15) is 0 Å². The first-order chi connectivity index (χ1) is 15.4. The second kappa shape index (κ2) is 12.7. The number of carbonyl (C=O) groups is 2. The Balaban J connectivity index is 2.18. The van der Waals surface area contributed by atoms with Crippen molar-refractivity contribution in [3.05, 3.63) is 59.2 Å². The van der Waals surface area contributed by atoms with Crippen molar-refractivity contribution in [1.29, 1.82) is 0 Å². The molecule has 0 aromatic heterocycles. The SMILES string of the molecule is CCCCNC(=O)[C@H](CC)N(Cc1ccc(OC)cc1)C(=O)COc1ccc(C)c(C)c1. The summed E-state index contributed by atoms with van der Waals surface area (Å²) in [5.41, 5.74) is 3.19. The van der Waals surface area contributed by atoms with Gasteiger partial charge in [-0.1, -0.05) is 38.5 Å². The van der Waals surface area contributed by atoms with Crippen molar-refractivity contribution in [1.82, 2.24) is 10.2 Å². The standard InChI is InChI=1S/C26H36N2O4/c1-6-8-15-27-26(30)24(7-2)28(17-21-10-13-22(31-5)14-11-21)25(29)18-32-23-12-9-19(3)20(4)16-23/h9-14,16,24H,6-8,15,17-18H2,1-5H3,(H,27,30)/t24-/m0/s1. The molecule has 0 heterocycles. The van der Waals surface area contributed by atoms with E-state index in [4.69, 9.17) is 9.47 Å². The van der Waals surface area contributed by atoms with Gasteiger partial charge in [0.1, 0.15) is 17.5 Å². The van der Waals surface area contributed by atoms with Crippen LogP contribution in [0.4, 0.5) is 0 Å². The minimum atomic E-state index is -0.565. The minimum Gasteiger partial charge on any atom is -0.497 e. The van der Waals surface area contributed by atoms with Gasteiger partial charge in [0.2, 0.25) is 5.91 Å². The van der Waals surface area contributed by atoms with Crippen LogP contribution in [0.2, 0.25) is 0 Å². The molecular weight excluding hydrogens is 404 g/mol. The zero-order valence-corrected chi connectivity index (χ0v) is 19.9. The Morgan fingerprint density at radius 1 is 1.00 bits per heavy atom. The lowest BCUT2D eigenvalue weighted by atomic mass is 10.1. The van der Waals surface area contributed by atoms with E-state index in [-0.39, 0.29) is 18.4 Å². The summed E-state index contributed by atoms with van der Waals surface area (Å²) in [5, 5.41) is 2.97. The number of benzene rings is 2. The molecule has 0 saturated carbocycles. The average molecular weight is 441 g/mol. The number of nitrogens with zero attached hydrogens (tertiary/aromatic N) is 1. The highest BCUT2D eigenvalue weighted by atomic mass is 16.5. The van der Waals surface area contributed by atoms with E-state index in [0.29, 0.717) is 25.3 Å². The van der Waals surface area contributed by atoms with Crippen molar-refractivity contribution >= 4 is 11.8 Å². The lowest BCUT2D eigenvalue weighted by molar-refractivity contribution is -0.143. The largest absolute Gasteiger partial charge is 0.497 e. The fraction of sp³-hybridized carbons (Fsp3) is 0.462. The van der Waals surface area contributed by atoms with Crippen LogP contribution >= 0.6 is 0 Å². The Bertz CT molecular complexity index is 880. The Morgan fingerprint density at radius 3 is 2.28 bits per heavy atom. The highest BCUT2D eigenvalue weighted by Gasteiger charge is 2.28. The van der Waals surface area contributed by atoms with Crippen LogP contribution in [0.3, 0.4) is 0 Å². The number of rotatable bonds is 12. The third-order valence-electron chi connectivity index (χ3n) is 5.57. The van der Waals surface area contributed by atoms with E-state index >= 15 is 0 Å². The number of methoxy groups -OCH3 is 1. The van der Waals surface area contributed by atoms with Gasteiger partial charge in [-0.3, -0.25) is 9.59 Å². The van der Waals surface area contributed by atoms with Crippen LogP contribution in [0.5, 0.6) is 11.5 Å². The van der Waals surface area contributed by atoms with Gasteiger partial charge in [-0.25, -0.2) is 0 Å². The van der Waals surface area contributed by atoms with Crippen LogP contribution in [-0.4, -0.2) is 43.0 Å². The predicted molar refractivity (Wildman–Crippen MR) is 127 cm³/mol. The maximum absolute atomic E-state index is 13.2. The van der Waals surface area contributed by atoms with E-state index in [2.05, 4.69) is 12.2 Å². The zero-order valence-electron chi connectivity index (χ0n) is 19.9. The van der Waals surface area contributed by atoms with Gasteiger partial charge >= 0.3 is 0 Å². The van der Waals surface area contributed by atoms with Crippen molar-refractivity contribution in [2.45, 2.75) is 59.5 Å². The summed E-state index contributed by atoms with van der Waals surface area (Å²) in [6.45, 7) is 8.83. The van der Waals surface area contributed by atoms with Crippen LogP contribution in [0, 0.1) is 13.8 Å². The van der Waals surface area contributed by atoms with Gasteiger partial charge in [0, 0.05) is 13.1 Å². The number of aryl methyl sites for hydroxylation is 2. The first kappa shape index (κ1) is 25.2. The van der Waals surface area contributed by atoms with Crippen molar-refractivity contribution in [3.63, 3.8) is 0 Å². The van der Waals surface area contributed by atoms with Crippen LogP contribution in [0.15, 0.2) is 42.5 Å². The van der Waals surface area contributed by atoms with E-state index in [1.165, 1.54) is 5.56 Å². The molecule has 0 fully saturated rings. The second-order valence-electron chi connectivity index (χ2n) is 7.97. The molecule has 2 aromatic rings. The molecule has 1 atom stereocenters. The predicted octanol–water partition coefficient (Wildman–Crippen LogP) is 4.41. The van der Waals surface area contributed by atoms with Crippen molar-refractivity contribution in [2.75, 3.05) is 20.3 Å². The second-order valence-corrected chi connectivity index (χ2v) is 7.97. The summed E-state index contributed by atoms with van der Waals surface area (Å²) in [7, 11) is 1.61. The summed E-state index contributed by atoms with van der Waals surface area (Å²) in [4.78, 5) is 27.7. The highest BCUT2D eigenvalue weighted by molar-refractivity contribution is 5.88. The fourth-order valence-corrected chi connectivity index (χ4v) is 3.38. The molecule has 32 heavy (non-hydrogen) atoms. The summed E-state index contributed by atoms with van der Waals surface area (Å²) in [6, 6.07) is 12.7. The number of ether oxygens (including phenoxy) is 2. The number of unbranched alkanes of at least 4 members (excludes halogenated alkanes) is 1. The number of hydrogen-bond acceptors (Lipinski definition) is 4. The Kier molecular flexibility index (Phi) is 10.1. The van der Waals surface area contributed by atoms with Crippen molar-refractivity contribution in [3.8, 4) is 11.5 Å². The maximum Gasteiger partial charge on any atom is 0.261 e. The van der Waals surface area contributed by atoms with Crippen LogP contribution < -0.4 is 14.8 Å². The molecule has 1 N–H and O–H groups in total. The molecule has 0 saturated heterocycles. The van der Waals surface area contributed by atoms with Crippen molar-refractivity contribution in [2.24, 2.45) is 0 Å². The maximum atomic E-state index is 13.2. The molecule has 174 valence electrons. The molecule has 2 amide bonds. The van der Waals surface area contributed by atoms with Gasteiger partial charge in [0.05, 0.1) is 7.11 Å². The smallest absolute Gasteiger partial charge is 0.261 e. The molecule has 0 aliphatic carbocycles. The van der Waals surface area contributed by atoms with Gasteiger partial charge < -0.3 is 19.7 Å². The Hall–Kier alpha value is -3.02. The molecule has 0 spiro atoms. The number of nitrogens with one attached hydrogen (secondary N) is 1. The van der Waals surface area contributed by atoms with E-state index in [0.717, 1.165) is 29.7 Å². The molecule has 0 aliphatic heterocycles. The molecule has 0 radical (unpaired) electrons. The van der Waals surface area contributed by atoms with Gasteiger partial charge in [0.25, 0.3) is 5.91 Å². The molecule has 0 aliphatic rings. The first-order valence-electron chi connectivity index (χ1n) is 11.3. The average Bonchev–Trinajstić information content (AvgIpc) is 2.80. The topological polar surface area (TPSA) is 67.9 Å². The first-order valence-corrected chi connectivity index (χ1v) is 11.3. The van der Waals surface area contributed by atoms with E-state index in [1.54, 1.807) is 12.0 Å². The third-order valence-corrected chi connectivity index (χ3v) is 5.57. The molecule has 2 rings (SSSR count). The normalized spacial score (nSPS) is 11.5. The molecule has 0 bridgehead atoms. The number of amides is 2. The third kappa shape index (κ3) is 7.29. The van der Waals surface area contributed by atoms with E-state index < -0.39 is 6.04 Å². The van der Waals surface area contributed by atoms with Crippen LogP contribution in [-0.2, 0) is 16.1 Å². The number of hydrogen-bond donors (Lipinski definition) is 1. The number of carbonyl (C=O) groups excluding carboxylic acids is 2.